The quantitative estimate of drug-likeness (QED) is 0.756. The highest BCUT2D eigenvalue weighted by atomic mass is 32.4. The molecule has 1 aromatic carbocycles. The number of aryl methyl sites for hydroxylation is 1. The van der Waals surface area contributed by atoms with E-state index in [9.17, 15) is 0 Å². The molecule has 1 aliphatic rings. The molecule has 0 amide bonds. The van der Waals surface area contributed by atoms with Crippen LogP contribution in [0.5, 0.6) is 0 Å². The van der Waals surface area contributed by atoms with Crippen LogP contribution in [-0.2, 0) is 11.8 Å². The number of nitrogens with zero attached hydrogens (tertiary/aromatic N) is 3. The maximum absolute atomic E-state index is 6.49. The molecule has 1 aliphatic heterocycles. The van der Waals surface area contributed by atoms with Gasteiger partial charge in [-0.2, -0.15) is 5.10 Å². The van der Waals surface area contributed by atoms with Crippen LogP contribution in [0.3, 0.4) is 0 Å². The minimum atomic E-state index is -1.89. The van der Waals surface area contributed by atoms with Gasteiger partial charge in [-0.05, 0) is 38.8 Å². The highest BCUT2D eigenvalue weighted by Crippen LogP contribution is 2.62. The summed E-state index contributed by atoms with van der Waals surface area (Å²) in [4.78, 5) is 0. The van der Waals surface area contributed by atoms with Crippen LogP contribution in [0.1, 0.15) is 45.0 Å². The van der Waals surface area contributed by atoms with Crippen molar-refractivity contribution in [1.29, 1.82) is 0 Å². The van der Waals surface area contributed by atoms with Gasteiger partial charge in [0.05, 0.1) is 23.3 Å². The molecule has 0 bridgehead atoms. The van der Waals surface area contributed by atoms with E-state index in [2.05, 4.69) is 68.2 Å². The Morgan fingerprint density at radius 1 is 1.04 bits per heavy atom. The van der Waals surface area contributed by atoms with E-state index in [0.717, 1.165) is 24.5 Å². The molecule has 1 aromatic heterocycles. The summed E-state index contributed by atoms with van der Waals surface area (Å²) in [6.07, 6.45) is 0.632. The van der Waals surface area contributed by atoms with Crippen molar-refractivity contribution in [3.63, 3.8) is 0 Å². The number of para-hydroxylation sites is 1. The van der Waals surface area contributed by atoms with E-state index in [0.29, 0.717) is 0 Å². The molecular formula is C19H28N3PS. The average molecular weight is 361 g/mol. The standard InChI is InChI=1S/C19H28N3PS/c1-15-18(16(2)22(20-15)17-11-7-6-8-12-17)23(24,19(3,4)5)21-13-9-10-14-21/h6-8,11-12H,9-10,13-14H2,1-5H3. The smallest absolute Gasteiger partial charge is 0.0698 e. The summed E-state index contributed by atoms with van der Waals surface area (Å²) in [5.41, 5.74) is 3.42. The molecule has 1 saturated heterocycles. The van der Waals surface area contributed by atoms with Gasteiger partial charge in [0, 0.05) is 23.6 Å². The van der Waals surface area contributed by atoms with E-state index < -0.39 is 6.19 Å². The van der Waals surface area contributed by atoms with Crippen LogP contribution in [0, 0.1) is 13.8 Å². The molecule has 0 saturated carbocycles. The molecule has 24 heavy (non-hydrogen) atoms. The summed E-state index contributed by atoms with van der Waals surface area (Å²) < 4.78 is 4.68. The molecule has 130 valence electrons. The van der Waals surface area contributed by atoms with E-state index in [1.54, 1.807) is 0 Å². The zero-order valence-corrected chi connectivity index (χ0v) is 17.1. The van der Waals surface area contributed by atoms with Gasteiger partial charge >= 0.3 is 0 Å². The van der Waals surface area contributed by atoms with Gasteiger partial charge in [0.1, 0.15) is 0 Å². The van der Waals surface area contributed by atoms with Crippen molar-refractivity contribution >= 4 is 23.3 Å². The maximum atomic E-state index is 6.49. The normalized spacial score (nSPS) is 18.7. The van der Waals surface area contributed by atoms with Crippen molar-refractivity contribution in [2.24, 2.45) is 0 Å². The number of benzene rings is 1. The SMILES string of the molecule is Cc1nn(-c2ccccc2)c(C)c1P(=S)(N1CCCC1)C(C)(C)C. The first-order chi connectivity index (χ1) is 11.3. The molecular weight excluding hydrogens is 333 g/mol. The fourth-order valence-electron chi connectivity index (χ4n) is 3.78. The number of hydrogen-bond donors (Lipinski definition) is 0. The van der Waals surface area contributed by atoms with E-state index in [-0.39, 0.29) is 5.16 Å². The minimum Gasteiger partial charge on any atom is -0.271 e. The fraction of sp³-hybridized carbons (Fsp3) is 0.526. The number of rotatable bonds is 3. The fourth-order valence-corrected chi connectivity index (χ4v) is 8.72. The van der Waals surface area contributed by atoms with Crippen molar-refractivity contribution in [2.75, 3.05) is 13.1 Å². The van der Waals surface area contributed by atoms with Crippen molar-refractivity contribution < 1.29 is 0 Å². The Hall–Kier alpha value is -0.960. The second-order valence-electron chi connectivity index (χ2n) is 7.67. The molecule has 0 spiro atoms. The first-order valence-corrected chi connectivity index (χ1v) is 11.5. The Bertz CT molecular complexity index is 768. The van der Waals surface area contributed by atoms with E-state index in [4.69, 9.17) is 16.9 Å². The summed E-state index contributed by atoms with van der Waals surface area (Å²) >= 11 is 6.49. The summed E-state index contributed by atoms with van der Waals surface area (Å²) in [5, 5.41) is 6.27. The molecule has 2 heterocycles. The number of aromatic nitrogens is 2. The van der Waals surface area contributed by atoms with Crippen LogP contribution in [0.15, 0.2) is 30.3 Å². The predicted octanol–water partition coefficient (Wildman–Crippen LogP) is 4.40. The second kappa shape index (κ2) is 6.40. The number of hydrogen-bond acceptors (Lipinski definition) is 2. The Morgan fingerprint density at radius 3 is 2.17 bits per heavy atom. The summed E-state index contributed by atoms with van der Waals surface area (Å²) in [5.74, 6) is 0. The van der Waals surface area contributed by atoms with E-state index in [1.807, 2.05) is 6.07 Å². The molecule has 0 radical (unpaired) electrons. The monoisotopic (exact) mass is 361 g/mol. The van der Waals surface area contributed by atoms with Gasteiger partial charge in [0.15, 0.2) is 0 Å². The van der Waals surface area contributed by atoms with E-state index >= 15 is 0 Å². The van der Waals surface area contributed by atoms with Gasteiger partial charge in [-0.15, -0.1) is 0 Å². The lowest BCUT2D eigenvalue weighted by Gasteiger charge is -2.42. The zero-order chi connectivity index (χ0) is 17.5. The van der Waals surface area contributed by atoms with Gasteiger partial charge in [0.25, 0.3) is 0 Å². The molecule has 0 aliphatic carbocycles. The Balaban J connectivity index is 2.20. The van der Waals surface area contributed by atoms with Gasteiger partial charge in [-0.25, -0.2) is 4.68 Å². The molecule has 3 nitrogen and oxygen atoms in total. The van der Waals surface area contributed by atoms with Crippen molar-refractivity contribution in [1.82, 2.24) is 14.5 Å². The lowest BCUT2D eigenvalue weighted by Crippen LogP contribution is -2.36. The first-order valence-electron chi connectivity index (χ1n) is 8.74. The van der Waals surface area contributed by atoms with Crippen LogP contribution in [0.4, 0.5) is 0 Å². The third-order valence-corrected chi connectivity index (χ3v) is 12.1. The highest BCUT2D eigenvalue weighted by Gasteiger charge is 2.43. The van der Waals surface area contributed by atoms with Gasteiger partial charge in [0.2, 0.25) is 0 Å². The molecule has 2 aromatic rings. The second-order valence-corrected chi connectivity index (χ2v) is 12.8. The van der Waals surface area contributed by atoms with Gasteiger partial charge in [-0.1, -0.05) is 50.8 Å². The average Bonchev–Trinajstić information content (AvgIpc) is 3.15. The van der Waals surface area contributed by atoms with Crippen LogP contribution in [-0.4, -0.2) is 32.7 Å². The van der Waals surface area contributed by atoms with Crippen LogP contribution < -0.4 is 5.30 Å². The van der Waals surface area contributed by atoms with E-state index in [1.165, 1.54) is 23.8 Å². The van der Waals surface area contributed by atoms with Crippen molar-refractivity contribution in [2.45, 2.75) is 52.6 Å². The zero-order valence-electron chi connectivity index (χ0n) is 15.4. The molecule has 1 fully saturated rings. The Labute approximate surface area is 151 Å². The maximum Gasteiger partial charge on any atom is 0.0698 e. The molecule has 5 heteroatoms. The third-order valence-electron chi connectivity index (χ3n) is 4.95. The third kappa shape index (κ3) is 2.79. The summed E-state index contributed by atoms with van der Waals surface area (Å²) in [6, 6.07) is 10.4. The Kier molecular flexibility index (Phi) is 4.76. The molecule has 0 N–H and O–H groups in total. The summed E-state index contributed by atoms with van der Waals surface area (Å²) in [6.45, 7) is 13.5. The largest absolute Gasteiger partial charge is 0.271 e. The van der Waals surface area contributed by atoms with Crippen molar-refractivity contribution in [3.8, 4) is 5.69 Å². The molecule has 1 unspecified atom stereocenters. The lowest BCUT2D eigenvalue weighted by atomic mass is 10.3. The van der Waals surface area contributed by atoms with Gasteiger partial charge in [-0.3, -0.25) is 4.67 Å². The molecule has 3 rings (SSSR count). The Morgan fingerprint density at radius 2 is 1.62 bits per heavy atom. The van der Waals surface area contributed by atoms with Crippen LogP contribution in [0.2, 0.25) is 0 Å². The van der Waals surface area contributed by atoms with Crippen LogP contribution >= 0.6 is 6.19 Å². The minimum absolute atomic E-state index is 0.0622. The van der Waals surface area contributed by atoms with Crippen molar-refractivity contribution in [3.05, 3.63) is 41.7 Å². The van der Waals surface area contributed by atoms with Crippen LogP contribution in [0.25, 0.3) is 5.69 Å². The molecule has 1 atom stereocenters. The summed E-state index contributed by atoms with van der Waals surface area (Å²) in [7, 11) is 0. The lowest BCUT2D eigenvalue weighted by molar-refractivity contribution is 0.545. The first kappa shape index (κ1) is 17.8. The predicted molar refractivity (Wildman–Crippen MR) is 108 cm³/mol. The topological polar surface area (TPSA) is 21.1 Å². The van der Waals surface area contributed by atoms with Gasteiger partial charge < -0.3 is 0 Å². The highest BCUT2D eigenvalue weighted by molar-refractivity contribution is 8.17.